The van der Waals surface area contributed by atoms with E-state index in [2.05, 4.69) is 62.6 Å². The average Bonchev–Trinajstić information content (AvgIpc) is 2.79. The number of carbonyl (C=O) groups is 1. The van der Waals surface area contributed by atoms with Crippen LogP contribution in [-0.4, -0.2) is 23.8 Å². The number of rotatable bonds is 11. The molecule has 0 fully saturated rings. The van der Waals surface area contributed by atoms with Gasteiger partial charge in [-0.3, -0.25) is 9.69 Å². The van der Waals surface area contributed by atoms with E-state index in [0.29, 0.717) is 0 Å². The van der Waals surface area contributed by atoms with Gasteiger partial charge in [0.1, 0.15) is 0 Å². The van der Waals surface area contributed by atoms with Crippen LogP contribution in [0.25, 0.3) is 11.1 Å². The van der Waals surface area contributed by atoms with Crippen molar-refractivity contribution in [3.05, 3.63) is 58.7 Å². The summed E-state index contributed by atoms with van der Waals surface area (Å²) in [4.78, 5) is 15.4. The summed E-state index contributed by atoms with van der Waals surface area (Å²) in [5.74, 6) is 7.07. The zero-order valence-electron chi connectivity index (χ0n) is 20.2. The Morgan fingerprint density at radius 2 is 1.65 bits per heavy atom. The second-order valence-corrected chi connectivity index (χ2v) is 8.20. The molecule has 0 unspecified atom stereocenters. The maximum Gasteiger partial charge on any atom is 0.160 e. The lowest BCUT2D eigenvalue weighted by Crippen LogP contribution is -2.23. The smallest absolute Gasteiger partial charge is 0.160 e. The number of hydrogen-bond donors (Lipinski definition) is 0. The zero-order chi connectivity index (χ0) is 22.6. The molecule has 0 heterocycles. The number of nitrogens with zero attached hydrogens (tertiary/aromatic N) is 1. The predicted molar refractivity (Wildman–Crippen MR) is 134 cm³/mol. The van der Waals surface area contributed by atoms with E-state index in [1.54, 1.807) is 6.92 Å². The molecule has 0 aromatic heterocycles. The standard InChI is InChI=1S/C29H39NO/c1-6-10-12-16-20-26-25(22-30(8-3)9-4)21-28(24-17-14-13-15-18-24)29(23(5)31)27(26)19-11-7-2/h13-15,17-18,21H,6-12,19,22H2,1-5H3. The largest absolute Gasteiger partial charge is 0.300 e. The van der Waals surface area contributed by atoms with Crippen molar-refractivity contribution in [2.75, 3.05) is 13.1 Å². The Morgan fingerprint density at radius 1 is 0.968 bits per heavy atom. The van der Waals surface area contributed by atoms with Crippen LogP contribution in [0.15, 0.2) is 36.4 Å². The van der Waals surface area contributed by atoms with Crippen molar-refractivity contribution in [2.24, 2.45) is 0 Å². The van der Waals surface area contributed by atoms with Crippen LogP contribution in [-0.2, 0) is 13.0 Å². The topological polar surface area (TPSA) is 20.3 Å². The molecule has 0 bridgehead atoms. The summed E-state index contributed by atoms with van der Waals surface area (Å²) in [6.07, 6.45) is 6.23. The first kappa shape index (κ1) is 24.9. The minimum absolute atomic E-state index is 0.135. The molecule has 2 aromatic rings. The quantitative estimate of drug-likeness (QED) is 0.217. The summed E-state index contributed by atoms with van der Waals surface area (Å²) in [6, 6.07) is 12.6. The van der Waals surface area contributed by atoms with E-state index in [-0.39, 0.29) is 5.78 Å². The highest BCUT2D eigenvalue weighted by Gasteiger charge is 2.21. The van der Waals surface area contributed by atoms with Crippen molar-refractivity contribution >= 4 is 5.78 Å². The highest BCUT2D eigenvalue weighted by atomic mass is 16.1. The van der Waals surface area contributed by atoms with Gasteiger partial charge >= 0.3 is 0 Å². The summed E-state index contributed by atoms with van der Waals surface area (Å²) in [5, 5.41) is 0. The van der Waals surface area contributed by atoms with Crippen molar-refractivity contribution in [3.8, 4) is 23.0 Å². The minimum Gasteiger partial charge on any atom is -0.300 e. The molecule has 0 saturated carbocycles. The number of carbonyl (C=O) groups excluding carboxylic acids is 1. The highest BCUT2D eigenvalue weighted by molar-refractivity contribution is 6.03. The molecule has 0 aliphatic rings. The van der Waals surface area contributed by atoms with Crippen LogP contribution in [0.2, 0.25) is 0 Å². The molecule has 2 rings (SSSR count). The van der Waals surface area contributed by atoms with Gasteiger partial charge in [-0.2, -0.15) is 0 Å². The lowest BCUT2D eigenvalue weighted by Gasteiger charge is -2.23. The maximum absolute atomic E-state index is 12.9. The van der Waals surface area contributed by atoms with Crippen molar-refractivity contribution in [1.82, 2.24) is 4.90 Å². The van der Waals surface area contributed by atoms with E-state index >= 15 is 0 Å². The van der Waals surface area contributed by atoms with Gasteiger partial charge in [-0.15, -0.1) is 0 Å². The van der Waals surface area contributed by atoms with Crippen LogP contribution in [0.1, 0.15) is 93.8 Å². The van der Waals surface area contributed by atoms with Crippen LogP contribution in [0.5, 0.6) is 0 Å². The molecule has 2 heteroatoms. The van der Waals surface area contributed by atoms with Crippen molar-refractivity contribution in [1.29, 1.82) is 0 Å². The molecule has 2 nitrogen and oxygen atoms in total. The van der Waals surface area contributed by atoms with Crippen LogP contribution < -0.4 is 0 Å². The molecule has 0 saturated heterocycles. The number of Topliss-reactive ketones (excluding diaryl/α,β-unsaturated/α-hetero) is 1. The lowest BCUT2D eigenvalue weighted by atomic mass is 9.84. The number of unbranched alkanes of at least 4 members (excludes halogenated alkanes) is 3. The summed E-state index contributed by atoms with van der Waals surface area (Å²) in [7, 11) is 0. The fourth-order valence-corrected chi connectivity index (χ4v) is 4.04. The first-order valence-electron chi connectivity index (χ1n) is 12.0. The van der Waals surface area contributed by atoms with Gasteiger partial charge in [-0.05, 0) is 67.6 Å². The third-order valence-corrected chi connectivity index (χ3v) is 5.89. The van der Waals surface area contributed by atoms with Gasteiger partial charge < -0.3 is 0 Å². The van der Waals surface area contributed by atoms with Gasteiger partial charge in [0.25, 0.3) is 0 Å². The molecule has 0 amide bonds. The molecular formula is C29H39NO. The summed E-state index contributed by atoms with van der Waals surface area (Å²) in [6.45, 7) is 13.4. The Morgan fingerprint density at radius 3 is 2.23 bits per heavy atom. The molecule has 166 valence electrons. The monoisotopic (exact) mass is 417 g/mol. The second kappa shape index (κ2) is 13.1. The number of ketones is 1. The van der Waals surface area contributed by atoms with Crippen molar-refractivity contribution in [3.63, 3.8) is 0 Å². The first-order valence-corrected chi connectivity index (χ1v) is 12.0. The van der Waals surface area contributed by atoms with E-state index < -0.39 is 0 Å². The molecule has 0 aliphatic heterocycles. The minimum atomic E-state index is 0.135. The van der Waals surface area contributed by atoms with Crippen LogP contribution in [0.4, 0.5) is 0 Å². The van der Waals surface area contributed by atoms with E-state index in [4.69, 9.17) is 0 Å². The highest BCUT2D eigenvalue weighted by Crippen LogP contribution is 2.33. The molecule has 0 aliphatic carbocycles. The predicted octanol–water partition coefficient (Wildman–Crippen LogP) is 7.28. The SMILES string of the molecule is CCCCC#Cc1c(CN(CC)CC)cc(-c2ccccc2)c(C(C)=O)c1CCCC. The van der Waals surface area contributed by atoms with Gasteiger partial charge in [0.2, 0.25) is 0 Å². The Bertz CT molecular complexity index is 898. The van der Waals surface area contributed by atoms with Crippen molar-refractivity contribution in [2.45, 2.75) is 79.7 Å². The van der Waals surface area contributed by atoms with Gasteiger partial charge in [0.05, 0.1) is 0 Å². The number of hydrogen-bond acceptors (Lipinski definition) is 2. The Kier molecular flexibility index (Phi) is 10.5. The van der Waals surface area contributed by atoms with E-state index in [9.17, 15) is 4.79 Å². The normalized spacial score (nSPS) is 10.8. The number of benzene rings is 2. The summed E-state index contributed by atoms with van der Waals surface area (Å²) < 4.78 is 0. The molecular weight excluding hydrogens is 378 g/mol. The fourth-order valence-electron chi connectivity index (χ4n) is 4.04. The third-order valence-electron chi connectivity index (χ3n) is 5.89. The van der Waals surface area contributed by atoms with Gasteiger partial charge in [0, 0.05) is 24.1 Å². The van der Waals surface area contributed by atoms with Crippen molar-refractivity contribution < 1.29 is 4.79 Å². The van der Waals surface area contributed by atoms with Crippen LogP contribution >= 0.6 is 0 Å². The Labute approximate surface area is 190 Å². The molecule has 0 N–H and O–H groups in total. The molecule has 2 aromatic carbocycles. The zero-order valence-corrected chi connectivity index (χ0v) is 20.2. The van der Waals surface area contributed by atoms with E-state index in [1.807, 2.05) is 18.2 Å². The summed E-state index contributed by atoms with van der Waals surface area (Å²) >= 11 is 0. The molecule has 0 spiro atoms. The first-order chi connectivity index (χ1) is 15.1. The molecule has 31 heavy (non-hydrogen) atoms. The van der Waals surface area contributed by atoms with Gasteiger partial charge in [-0.25, -0.2) is 0 Å². The maximum atomic E-state index is 12.9. The van der Waals surface area contributed by atoms with Gasteiger partial charge in [-0.1, -0.05) is 82.7 Å². The van der Waals surface area contributed by atoms with E-state index in [1.165, 1.54) is 5.56 Å². The Balaban J connectivity index is 2.79. The lowest BCUT2D eigenvalue weighted by molar-refractivity contribution is 0.101. The second-order valence-electron chi connectivity index (χ2n) is 8.20. The molecule has 0 radical (unpaired) electrons. The summed E-state index contributed by atoms with van der Waals surface area (Å²) in [5.41, 5.74) is 6.53. The molecule has 0 atom stereocenters. The van der Waals surface area contributed by atoms with Gasteiger partial charge in [0.15, 0.2) is 5.78 Å². The third kappa shape index (κ3) is 6.81. The van der Waals surface area contributed by atoms with Crippen LogP contribution in [0.3, 0.4) is 0 Å². The van der Waals surface area contributed by atoms with E-state index in [0.717, 1.165) is 86.0 Å². The van der Waals surface area contributed by atoms with Crippen LogP contribution in [0, 0.1) is 11.8 Å². The Hall–Kier alpha value is -2.37. The average molecular weight is 418 g/mol. The fraction of sp³-hybridized carbons (Fsp3) is 0.483.